The third-order valence-corrected chi connectivity index (χ3v) is 9.85. The Bertz CT molecular complexity index is 1870. The number of hydroxylamine groups is 2. The number of hydrogen-bond donors (Lipinski definition) is 6. The standard InChI is InChI=1S/C28H40N6O4S.C6H10N2O6S.CH2O2/c1-17(22-16-39-26(32-22)33-27(35)37-28(3,4)5)34-38-18(2)23-8-6-20-14-21(7-9-24(20)36-23)25(29)31-15-19-10-12-30-13-11-19;1-6(2)4(7-3-9)5(10)8(6)14-15(11,12)13;2-1-3/h7,9,14,16,18-19,23,30H,6,8,10-13,15H2,1-5H3,(H2,29,31)(H,32,33,35);3-4H,1-2H3,(H,7,9)(H,11,12,13);1H,(H,2,3)/b34-17+;;. The summed E-state index contributed by atoms with van der Waals surface area (Å²) in [5.74, 6) is 1.29. The number of piperidine rings is 1. The molecule has 3 atom stereocenters. The van der Waals surface area contributed by atoms with Crippen LogP contribution in [0.25, 0.3) is 0 Å². The van der Waals surface area contributed by atoms with Gasteiger partial charge in [-0.05, 0) is 117 Å². The van der Waals surface area contributed by atoms with Crippen molar-refractivity contribution in [1.29, 1.82) is 0 Å². The number of β-lactam (4-membered cyclic amide) rings is 1. The fourth-order valence-electron chi connectivity index (χ4n) is 5.77. The molecule has 3 amide bonds. The van der Waals surface area contributed by atoms with Gasteiger partial charge in [0.15, 0.2) is 11.2 Å². The van der Waals surface area contributed by atoms with Gasteiger partial charge in [0.2, 0.25) is 6.41 Å². The first-order valence-corrected chi connectivity index (χ1v) is 20.2. The Morgan fingerprint density at radius 1 is 1.25 bits per heavy atom. The van der Waals surface area contributed by atoms with E-state index in [1.807, 2.05) is 52.1 Å². The second-order valence-electron chi connectivity index (χ2n) is 14.7. The molecule has 2 aromatic rings. The molecule has 3 unspecified atom stereocenters. The van der Waals surface area contributed by atoms with Crippen LogP contribution < -0.4 is 26.4 Å². The molecule has 20 nitrogen and oxygen atoms in total. The fourth-order valence-corrected chi connectivity index (χ4v) is 6.97. The third kappa shape index (κ3) is 14.2. The van der Waals surface area contributed by atoms with E-state index < -0.39 is 39.6 Å². The van der Waals surface area contributed by atoms with Gasteiger partial charge in [0, 0.05) is 17.5 Å². The number of amides is 3. The minimum absolute atomic E-state index is 0.134. The predicted octanol–water partition coefficient (Wildman–Crippen LogP) is 2.87. The highest BCUT2D eigenvalue weighted by molar-refractivity contribution is 7.80. The van der Waals surface area contributed by atoms with Gasteiger partial charge in [-0.1, -0.05) is 5.16 Å². The summed E-state index contributed by atoms with van der Waals surface area (Å²) in [7, 11) is -4.74. The number of ether oxygens (including phenoxy) is 2. The minimum Gasteiger partial charge on any atom is -0.486 e. The lowest BCUT2D eigenvalue weighted by Crippen LogP contribution is -2.75. The zero-order valence-corrected chi connectivity index (χ0v) is 34.5. The number of carbonyl (C=O) groups excluding carboxylic acids is 3. The van der Waals surface area contributed by atoms with Crippen molar-refractivity contribution in [3.63, 3.8) is 0 Å². The van der Waals surface area contributed by atoms with E-state index >= 15 is 0 Å². The first kappa shape index (κ1) is 46.5. The molecule has 1 aromatic carbocycles. The lowest BCUT2D eigenvalue weighted by Gasteiger charge is -2.50. The number of hydrogen-bond acceptors (Lipinski definition) is 15. The van der Waals surface area contributed by atoms with Crippen LogP contribution in [0.2, 0.25) is 0 Å². The normalized spacial score (nSPS) is 20.1. The number of anilines is 1. The number of nitrogens with zero attached hydrogens (tertiary/aromatic N) is 4. The fraction of sp³-hybridized carbons (Fsp3) is 0.571. The second-order valence-corrected chi connectivity index (χ2v) is 16.6. The molecule has 0 spiro atoms. The number of oxime groups is 1. The summed E-state index contributed by atoms with van der Waals surface area (Å²) >= 11 is 1.30. The van der Waals surface area contributed by atoms with Gasteiger partial charge in [-0.15, -0.1) is 15.6 Å². The number of aliphatic imine (C=N–C) groups is 1. The summed E-state index contributed by atoms with van der Waals surface area (Å²) in [5.41, 5.74) is 8.00. The van der Waals surface area contributed by atoms with Crippen LogP contribution in [0.4, 0.5) is 9.93 Å². The first-order chi connectivity index (χ1) is 26.7. The van der Waals surface area contributed by atoms with E-state index in [1.165, 1.54) is 25.2 Å². The molecule has 7 N–H and O–H groups in total. The van der Waals surface area contributed by atoms with Crippen molar-refractivity contribution in [2.45, 2.75) is 104 Å². The van der Waals surface area contributed by atoms with Crippen molar-refractivity contribution in [2.75, 3.05) is 25.0 Å². The molecular formula is C35H52N8O12S2. The number of carbonyl (C=O) groups is 4. The first-order valence-electron chi connectivity index (χ1n) is 17.9. The highest BCUT2D eigenvalue weighted by Crippen LogP contribution is 2.33. The highest BCUT2D eigenvalue weighted by atomic mass is 32.3. The summed E-state index contributed by atoms with van der Waals surface area (Å²) in [6.07, 6.45) is 3.35. The monoisotopic (exact) mass is 840 g/mol. The molecular weight excluding hydrogens is 789 g/mol. The molecule has 4 heterocycles. The zero-order valence-electron chi connectivity index (χ0n) is 32.9. The molecule has 0 radical (unpaired) electrons. The van der Waals surface area contributed by atoms with E-state index in [2.05, 4.69) is 41.4 Å². The molecule has 22 heteroatoms. The van der Waals surface area contributed by atoms with Crippen LogP contribution in [0.1, 0.15) is 84.5 Å². The molecule has 5 rings (SSSR count). The van der Waals surface area contributed by atoms with E-state index in [1.54, 1.807) is 0 Å². The minimum atomic E-state index is -4.74. The SMILES string of the molecule is C/C(=N\OC(C)C1CCc2cc(C(N)=NCC3CCNCC3)ccc2O1)c1csc(NC(=O)OC(C)(C)C)n1.CC1(C)C(NC=O)C(=O)N1OS(=O)(=O)O.O=CO. The number of aryl methyl sites for hydroxylation is 1. The number of carboxylic acid groups (broad SMARTS) is 1. The van der Waals surface area contributed by atoms with E-state index in [0.29, 0.717) is 39.8 Å². The highest BCUT2D eigenvalue weighted by Gasteiger charge is 2.57. The molecule has 57 heavy (non-hydrogen) atoms. The Morgan fingerprint density at radius 2 is 1.91 bits per heavy atom. The van der Waals surface area contributed by atoms with Gasteiger partial charge in [0.25, 0.3) is 12.4 Å². The molecule has 3 aliphatic rings. The Morgan fingerprint density at radius 3 is 2.51 bits per heavy atom. The molecule has 2 saturated heterocycles. The van der Waals surface area contributed by atoms with E-state index in [0.717, 1.165) is 62.2 Å². The van der Waals surface area contributed by atoms with Crippen molar-refractivity contribution in [3.05, 3.63) is 40.4 Å². The van der Waals surface area contributed by atoms with E-state index in [-0.39, 0.29) is 18.7 Å². The molecule has 1 aromatic heterocycles. The lowest BCUT2D eigenvalue weighted by molar-refractivity contribution is -0.218. The largest absolute Gasteiger partial charge is 0.486 e. The lowest BCUT2D eigenvalue weighted by atomic mass is 9.85. The molecule has 0 bridgehead atoms. The van der Waals surface area contributed by atoms with Crippen LogP contribution in [-0.2, 0) is 45.1 Å². The van der Waals surface area contributed by atoms with E-state index in [4.69, 9.17) is 34.5 Å². The summed E-state index contributed by atoms with van der Waals surface area (Å²) in [4.78, 5) is 56.6. The van der Waals surface area contributed by atoms with Crippen LogP contribution in [-0.4, -0.2) is 114 Å². The topological polar surface area (TPSA) is 283 Å². The maximum atomic E-state index is 12.0. The van der Waals surface area contributed by atoms with Gasteiger partial charge >= 0.3 is 16.5 Å². The molecule has 0 aliphatic carbocycles. The Labute approximate surface area is 335 Å². The Balaban J connectivity index is 0.000000402. The van der Waals surface area contributed by atoms with E-state index in [9.17, 15) is 22.8 Å². The number of fused-ring (bicyclic) bond motifs is 1. The van der Waals surface area contributed by atoms with Crippen molar-refractivity contribution >= 4 is 63.3 Å². The number of thiazole rings is 1. The van der Waals surface area contributed by atoms with Crippen LogP contribution in [0.15, 0.2) is 33.7 Å². The average Bonchev–Trinajstić information content (AvgIpc) is 3.61. The van der Waals surface area contributed by atoms with Gasteiger partial charge in [-0.3, -0.25) is 29.2 Å². The van der Waals surface area contributed by atoms with Gasteiger partial charge in [0.1, 0.15) is 40.7 Å². The van der Waals surface area contributed by atoms with Gasteiger partial charge in [0.05, 0.1) is 5.54 Å². The smallest absolute Gasteiger partial charge is 0.418 e. The quantitative estimate of drug-likeness (QED) is 0.0448. The molecule has 3 aliphatic heterocycles. The summed E-state index contributed by atoms with van der Waals surface area (Å²) in [6, 6.07) is 5.17. The van der Waals surface area contributed by atoms with Crippen molar-refractivity contribution in [3.8, 4) is 5.75 Å². The number of rotatable bonds is 12. The summed E-state index contributed by atoms with van der Waals surface area (Å²) in [5, 5.41) is 22.1. The number of benzene rings is 1. The maximum absolute atomic E-state index is 12.0. The Kier molecular flexibility index (Phi) is 16.7. The maximum Gasteiger partial charge on any atom is 0.418 e. The second kappa shape index (κ2) is 20.5. The number of aromatic nitrogens is 1. The van der Waals surface area contributed by atoms with Crippen LogP contribution >= 0.6 is 11.3 Å². The molecule has 2 fully saturated rings. The summed E-state index contributed by atoms with van der Waals surface area (Å²) in [6.45, 7) is 14.8. The van der Waals surface area contributed by atoms with Crippen LogP contribution in [0, 0.1) is 5.92 Å². The average molecular weight is 841 g/mol. The Hall–Kier alpha value is -4.90. The number of nitrogens with one attached hydrogen (secondary N) is 3. The zero-order chi connectivity index (χ0) is 42.6. The van der Waals surface area contributed by atoms with Crippen molar-refractivity contribution in [2.24, 2.45) is 21.8 Å². The number of nitrogens with two attached hydrogens (primary N) is 1. The van der Waals surface area contributed by atoms with Crippen molar-refractivity contribution < 1.29 is 55.9 Å². The van der Waals surface area contributed by atoms with Gasteiger partial charge < -0.3 is 35.8 Å². The summed E-state index contributed by atoms with van der Waals surface area (Å²) < 4.78 is 44.7. The molecule has 316 valence electrons. The predicted molar refractivity (Wildman–Crippen MR) is 210 cm³/mol. The molecule has 0 saturated carbocycles. The third-order valence-electron chi connectivity index (χ3n) is 8.75. The van der Waals surface area contributed by atoms with Crippen molar-refractivity contribution in [1.82, 2.24) is 20.7 Å². The van der Waals surface area contributed by atoms with Gasteiger partial charge in [-0.2, -0.15) is 13.5 Å². The van der Waals surface area contributed by atoms with Crippen LogP contribution in [0.3, 0.4) is 0 Å². The van der Waals surface area contributed by atoms with Crippen LogP contribution in [0.5, 0.6) is 5.75 Å². The number of amidine groups is 1. The van der Waals surface area contributed by atoms with Gasteiger partial charge in [-0.25, -0.2) is 9.78 Å².